The van der Waals surface area contributed by atoms with E-state index in [1.165, 1.54) is 0 Å². The molecule has 1 amide bonds. The largest absolute Gasteiger partial charge is 0.343 e. The number of hydrogen-bond acceptors (Lipinski definition) is 1. The fraction of sp³-hybridized carbons (Fsp3) is 0.125. The van der Waals surface area contributed by atoms with E-state index in [1.807, 2.05) is 0 Å². The number of amides is 1. The molecule has 0 unspecified atom stereocenters. The van der Waals surface area contributed by atoms with Gasteiger partial charge in [0.25, 0.3) is 5.24 Å². The van der Waals surface area contributed by atoms with Gasteiger partial charge < -0.3 is 5.32 Å². The van der Waals surface area contributed by atoms with E-state index in [0.29, 0.717) is 20.6 Å². The Morgan fingerprint density at radius 2 is 1.79 bits per heavy atom. The Morgan fingerprint density at radius 3 is 2.21 bits per heavy atom. The van der Waals surface area contributed by atoms with Gasteiger partial charge in [-0.15, -0.1) is 0 Å². The van der Waals surface area contributed by atoms with Gasteiger partial charge in [0.1, 0.15) is 0 Å². The smallest absolute Gasteiger partial charge is 0.276 e. The predicted molar refractivity (Wildman–Crippen MR) is 62.7 cm³/mol. The highest BCUT2D eigenvalue weighted by Crippen LogP contribution is 2.28. The third kappa shape index (κ3) is 3.24. The average molecular weight is 271 g/mol. The monoisotopic (exact) mass is 269 g/mol. The average Bonchev–Trinajstić information content (AvgIpc) is 2.01. The lowest BCUT2D eigenvalue weighted by molar-refractivity contribution is 0.261. The molecule has 0 bridgehead atoms. The van der Waals surface area contributed by atoms with Crippen LogP contribution in [0.15, 0.2) is 12.1 Å². The highest BCUT2D eigenvalue weighted by atomic mass is 35.5. The summed E-state index contributed by atoms with van der Waals surface area (Å²) in [6, 6.07) is 3.13. The molecule has 1 aromatic carbocycles. The van der Waals surface area contributed by atoms with Gasteiger partial charge in [-0.2, -0.15) is 0 Å². The first-order valence-electron chi connectivity index (χ1n) is 3.61. The van der Waals surface area contributed by atoms with Gasteiger partial charge in [0.15, 0.2) is 0 Å². The first-order valence-corrected chi connectivity index (χ1v) is 5.19. The molecule has 0 heterocycles. The topological polar surface area (TPSA) is 29.1 Å². The van der Waals surface area contributed by atoms with Crippen molar-refractivity contribution in [3.05, 3.63) is 32.8 Å². The van der Waals surface area contributed by atoms with E-state index in [1.54, 1.807) is 12.1 Å². The Balaban J connectivity index is 2.91. The number of thiol groups is 1. The fourth-order valence-electron chi connectivity index (χ4n) is 0.905. The Morgan fingerprint density at radius 1 is 1.29 bits per heavy atom. The van der Waals surface area contributed by atoms with Gasteiger partial charge in [0, 0.05) is 27.2 Å². The molecule has 1 N–H and O–H groups in total. The van der Waals surface area contributed by atoms with Crippen LogP contribution in [-0.2, 0) is 6.54 Å². The zero-order valence-corrected chi connectivity index (χ0v) is 10.0. The van der Waals surface area contributed by atoms with Crippen molar-refractivity contribution in [2.45, 2.75) is 6.54 Å². The van der Waals surface area contributed by atoms with Crippen molar-refractivity contribution < 1.29 is 4.79 Å². The Bertz CT molecular complexity index is 347. The molecule has 0 spiro atoms. The Kier molecular flexibility index (Phi) is 4.38. The fourth-order valence-corrected chi connectivity index (χ4v) is 1.93. The zero-order valence-electron chi connectivity index (χ0n) is 6.85. The first kappa shape index (κ1) is 12.0. The molecular formula is C8H6Cl3NOS. The van der Waals surface area contributed by atoms with Gasteiger partial charge in [0.05, 0.1) is 0 Å². The van der Waals surface area contributed by atoms with Crippen LogP contribution in [0.4, 0.5) is 4.79 Å². The number of carbonyl (C=O) groups is 1. The first-order chi connectivity index (χ1) is 6.50. The van der Waals surface area contributed by atoms with Crippen LogP contribution in [0.1, 0.15) is 5.56 Å². The van der Waals surface area contributed by atoms with Crippen molar-refractivity contribution in [1.29, 1.82) is 0 Å². The molecule has 0 aromatic heterocycles. The van der Waals surface area contributed by atoms with Gasteiger partial charge in [-0.05, 0) is 12.1 Å². The van der Waals surface area contributed by atoms with Crippen molar-refractivity contribution in [3.8, 4) is 0 Å². The molecule has 0 aliphatic rings. The Hall–Kier alpha value is -0.0900. The summed E-state index contributed by atoms with van der Waals surface area (Å²) >= 11 is 21.0. The number of benzene rings is 1. The van der Waals surface area contributed by atoms with E-state index >= 15 is 0 Å². The summed E-state index contributed by atoms with van der Waals surface area (Å²) in [7, 11) is 0. The van der Waals surface area contributed by atoms with E-state index in [9.17, 15) is 4.79 Å². The molecule has 2 nitrogen and oxygen atoms in total. The molecule has 0 aliphatic carbocycles. The quantitative estimate of drug-likeness (QED) is 0.787. The van der Waals surface area contributed by atoms with Crippen LogP contribution in [0, 0.1) is 0 Å². The van der Waals surface area contributed by atoms with Gasteiger partial charge in [0.2, 0.25) is 0 Å². The minimum absolute atomic E-state index is 0.233. The third-order valence-electron chi connectivity index (χ3n) is 1.52. The van der Waals surface area contributed by atoms with Crippen molar-refractivity contribution in [2.24, 2.45) is 0 Å². The van der Waals surface area contributed by atoms with E-state index in [4.69, 9.17) is 34.8 Å². The molecule has 0 saturated heterocycles. The van der Waals surface area contributed by atoms with Crippen molar-refractivity contribution in [3.63, 3.8) is 0 Å². The third-order valence-corrected chi connectivity index (χ3v) is 2.57. The van der Waals surface area contributed by atoms with E-state index in [0.717, 1.165) is 0 Å². The van der Waals surface area contributed by atoms with Crippen LogP contribution in [0.5, 0.6) is 0 Å². The van der Waals surface area contributed by atoms with E-state index in [2.05, 4.69) is 17.9 Å². The van der Waals surface area contributed by atoms with Crippen LogP contribution >= 0.6 is 47.4 Å². The maximum atomic E-state index is 10.5. The summed E-state index contributed by atoms with van der Waals surface area (Å²) < 4.78 is 0. The van der Waals surface area contributed by atoms with Crippen LogP contribution in [0.3, 0.4) is 0 Å². The second-order valence-corrected chi connectivity index (χ2v) is 4.16. The number of halogens is 3. The summed E-state index contributed by atoms with van der Waals surface area (Å²) in [5.41, 5.74) is 0.625. The molecular weight excluding hydrogens is 265 g/mol. The molecule has 1 aromatic rings. The summed E-state index contributed by atoms with van der Waals surface area (Å²) in [6.45, 7) is 0.233. The van der Waals surface area contributed by atoms with Crippen molar-refractivity contribution in [2.75, 3.05) is 0 Å². The number of rotatable bonds is 2. The van der Waals surface area contributed by atoms with E-state index in [-0.39, 0.29) is 6.54 Å². The zero-order chi connectivity index (χ0) is 10.7. The lowest BCUT2D eigenvalue weighted by Gasteiger charge is -2.07. The predicted octanol–water partition coefficient (Wildman–Crippen LogP) is 3.79. The number of carbonyl (C=O) groups excluding carboxylic acids is 1. The van der Waals surface area contributed by atoms with Crippen LogP contribution in [-0.4, -0.2) is 5.24 Å². The molecule has 0 radical (unpaired) electrons. The summed E-state index contributed by atoms with van der Waals surface area (Å²) in [6.07, 6.45) is 0. The molecule has 0 aliphatic heterocycles. The molecule has 0 saturated carbocycles. The maximum Gasteiger partial charge on any atom is 0.276 e. The molecule has 14 heavy (non-hydrogen) atoms. The van der Waals surface area contributed by atoms with Crippen LogP contribution < -0.4 is 5.32 Å². The normalized spacial score (nSPS) is 10.0. The molecule has 0 atom stereocenters. The Labute approximate surface area is 102 Å². The van der Waals surface area contributed by atoms with E-state index < -0.39 is 5.24 Å². The summed E-state index contributed by atoms with van der Waals surface area (Å²) in [4.78, 5) is 10.5. The van der Waals surface area contributed by atoms with Gasteiger partial charge >= 0.3 is 0 Å². The van der Waals surface area contributed by atoms with Crippen LogP contribution in [0.2, 0.25) is 15.1 Å². The van der Waals surface area contributed by atoms with Crippen LogP contribution in [0.25, 0.3) is 0 Å². The number of hydrogen-bond donors (Lipinski definition) is 2. The minimum atomic E-state index is -0.438. The molecule has 6 heteroatoms. The standard InChI is InChI=1S/C8H6Cl3NOS/c9-4-1-6(10)5(7(11)2-4)3-12-8(13)14/h1-2H,3H2,(H2,12,13,14). The van der Waals surface area contributed by atoms with Gasteiger partial charge in [-0.3, -0.25) is 4.79 Å². The van der Waals surface area contributed by atoms with Gasteiger partial charge in [-0.25, -0.2) is 0 Å². The van der Waals surface area contributed by atoms with Crippen molar-refractivity contribution >= 4 is 52.7 Å². The lowest BCUT2D eigenvalue weighted by Crippen LogP contribution is -2.16. The summed E-state index contributed by atoms with van der Waals surface area (Å²) in [5, 5.41) is 3.34. The maximum absolute atomic E-state index is 10.5. The van der Waals surface area contributed by atoms with Crippen molar-refractivity contribution in [1.82, 2.24) is 5.32 Å². The lowest BCUT2D eigenvalue weighted by atomic mass is 10.2. The second-order valence-electron chi connectivity index (χ2n) is 2.51. The van der Waals surface area contributed by atoms with Gasteiger partial charge in [-0.1, -0.05) is 47.4 Å². The number of nitrogens with one attached hydrogen (secondary N) is 1. The summed E-state index contributed by atoms with van der Waals surface area (Å²) in [5.74, 6) is 0. The molecule has 0 fully saturated rings. The highest BCUT2D eigenvalue weighted by Gasteiger charge is 2.07. The SMILES string of the molecule is O=C(S)NCc1c(Cl)cc(Cl)cc1Cl. The second kappa shape index (κ2) is 5.12. The molecule has 1 rings (SSSR count). The highest BCUT2D eigenvalue weighted by molar-refractivity contribution is 7.96. The minimum Gasteiger partial charge on any atom is -0.343 e. The molecule has 76 valence electrons.